The van der Waals surface area contributed by atoms with Crippen LogP contribution in [0.3, 0.4) is 0 Å². The van der Waals surface area contributed by atoms with Crippen molar-refractivity contribution in [3.05, 3.63) is 0 Å². The zero-order valence-corrected chi connectivity index (χ0v) is 7.34. The highest BCUT2D eigenvalue weighted by Crippen LogP contribution is 1.98. The summed E-state index contributed by atoms with van der Waals surface area (Å²) in [6, 6.07) is 0. The minimum atomic E-state index is 0.414. The molecular formula is C8H19NO2. The maximum atomic E-state index is 5.34. The third kappa shape index (κ3) is 9.88. The second-order valence-corrected chi connectivity index (χ2v) is 2.52. The summed E-state index contributed by atoms with van der Waals surface area (Å²) in [5.74, 6) is 0. The smallest absolute Gasteiger partial charge is 0.146 e. The Hall–Kier alpha value is -0.120. The molecule has 0 saturated carbocycles. The van der Waals surface area contributed by atoms with Gasteiger partial charge in [0.25, 0.3) is 0 Å². The van der Waals surface area contributed by atoms with E-state index in [-0.39, 0.29) is 0 Å². The predicted octanol–water partition coefficient (Wildman–Crippen LogP) is 1.13. The number of methoxy groups -OCH3 is 1. The molecule has 2 N–H and O–H groups in total. The number of rotatable bonds is 8. The Kier molecular flexibility index (Phi) is 9.77. The van der Waals surface area contributed by atoms with Gasteiger partial charge in [0.05, 0.1) is 0 Å². The van der Waals surface area contributed by atoms with E-state index in [1.54, 1.807) is 7.11 Å². The summed E-state index contributed by atoms with van der Waals surface area (Å²) in [7, 11) is 1.63. The first-order chi connectivity index (χ1) is 5.41. The zero-order valence-electron chi connectivity index (χ0n) is 7.34. The molecule has 0 aliphatic heterocycles. The standard InChI is InChI=1S/C8H19NO2/c1-10-8-11-7-5-3-2-4-6-9/h2-9H2,1H3. The van der Waals surface area contributed by atoms with Gasteiger partial charge in [-0.1, -0.05) is 12.8 Å². The molecule has 0 aromatic rings. The van der Waals surface area contributed by atoms with Crippen molar-refractivity contribution in [3.8, 4) is 0 Å². The summed E-state index contributed by atoms with van der Waals surface area (Å²) >= 11 is 0. The summed E-state index contributed by atoms with van der Waals surface area (Å²) in [4.78, 5) is 0. The monoisotopic (exact) mass is 161 g/mol. The van der Waals surface area contributed by atoms with Gasteiger partial charge < -0.3 is 15.2 Å². The molecule has 0 bridgehead atoms. The average Bonchev–Trinajstić information content (AvgIpc) is 2.03. The third-order valence-electron chi connectivity index (χ3n) is 1.44. The van der Waals surface area contributed by atoms with Crippen molar-refractivity contribution in [2.24, 2.45) is 5.73 Å². The van der Waals surface area contributed by atoms with Crippen LogP contribution >= 0.6 is 0 Å². The Morgan fingerprint density at radius 3 is 2.45 bits per heavy atom. The lowest BCUT2D eigenvalue weighted by Gasteiger charge is -2.01. The Morgan fingerprint density at radius 2 is 1.82 bits per heavy atom. The lowest BCUT2D eigenvalue weighted by Crippen LogP contribution is -2.00. The summed E-state index contributed by atoms with van der Waals surface area (Å²) < 4.78 is 9.84. The minimum absolute atomic E-state index is 0.414. The van der Waals surface area contributed by atoms with Crippen LogP contribution in [0, 0.1) is 0 Å². The molecule has 0 rings (SSSR count). The molecule has 0 unspecified atom stereocenters. The third-order valence-corrected chi connectivity index (χ3v) is 1.44. The molecule has 0 aromatic heterocycles. The van der Waals surface area contributed by atoms with Gasteiger partial charge in [-0.25, -0.2) is 0 Å². The van der Waals surface area contributed by atoms with Crippen molar-refractivity contribution in [1.29, 1.82) is 0 Å². The molecule has 0 radical (unpaired) electrons. The van der Waals surface area contributed by atoms with Crippen molar-refractivity contribution in [3.63, 3.8) is 0 Å². The maximum Gasteiger partial charge on any atom is 0.146 e. The van der Waals surface area contributed by atoms with E-state index < -0.39 is 0 Å². The van der Waals surface area contributed by atoms with E-state index in [0.29, 0.717) is 6.79 Å². The Morgan fingerprint density at radius 1 is 1.09 bits per heavy atom. The largest absolute Gasteiger partial charge is 0.359 e. The van der Waals surface area contributed by atoms with Crippen molar-refractivity contribution >= 4 is 0 Å². The van der Waals surface area contributed by atoms with Crippen LogP contribution in [0.5, 0.6) is 0 Å². The van der Waals surface area contributed by atoms with Crippen LogP contribution in [-0.4, -0.2) is 27.1 Å². The van der Waals surface area contributed by atoms with Crippen LogP contribution in [0.2, 0.25) is 0 Å². The molecule has 0 saturated heterocycles. The molecule has 0 aliphatic rings. The van der Waals surface area contributed by atoms with Crippen molar-refractivity contribution in [2.45, 2.75) is 25.7 Å². The lowest BCUT2D eigenvalue weighted by atomic mass is 10.2. The highest BCUT2D eigenvalue weighted by atomic mass is 16.7. The zero-order chi connectivity index (χ0) is 8.36. The van der Waals surface area contributed by atoms with Crippen molar-refractivity contribution in [1.82, 2.24) is 0 Å². The maximum absolute atomic E-state index is 5.34. The number of hydrogen-bond donors (Lipinski definition) is 1. The molecule has 3 nitrogen and oxygen atoms in total. The van der Waals surface area contributed by atoms with Gasteiger partial charge in [0.2, 0.25) is 0 Å². The topological polar surface area (TPSA) is 44.5 Å². The molecule has 11 heavy (non-hydrogen) atoms. The molecule has 0 aromatic carbocycles. The van der Waals surface area contributed by atoms with Gasteiger partial charge in [0, 0.05) is 13.7 Å². The van der Waals surface area contributed by atoms with Crippen LogP contribution in [0.1, 0.15) is 25.7 Å². The first-order valence-corrected chi connectivity index (χ1v) is 4.18. The molecule has 3 heteroatoms. The van der Waals surface area contributed by atoms with Crippen LogP contribution < -0.4 is 5.73 Å². The molecule has 0 amide bonds. The summed E-state index contributed by atoms with van der Waals surface area (Å²) in [5.41, 5.74) is 5.34. The second kappa shape index (κ2) is 9.88. The predicted molar refractivity (Wildman–Crippen MR) is 45.4 cm³/mol. The van der Waals surface area contributed by atoms with Gasteiger partial charge in [-0.3, -0.25) is 0 Å². The van der Waals surface area contributed by atoms with E-state index in [1.807, 2.05) is 0 Å². The molecule has 0 spiro atoms. The highest BCUT2D eigenvalue weighted by Gasteiger charge is 1.88. The fourth-order valence-electron chi connectivity index (χ4n) is 0.844. The number of ether oxygens (including phenoxy) is 2. The fourth-order valence-corrected chi connectivity index (χ4v) is 0.844. The second-order valence-electron chi connectivity index (χ2n) is 2.52. The SMILES string of the molecule is COCOCCCCCCN. The van der Waals surface area contributed by atoms with Crippen LogP contribution in [0.25, 0.3) is 0 Å². The average molecular weight is 161 g/mol. The molecule has 0 atom stereocenters. The number of unbranched alkanes of at least 4 members (excludes halogenated alkanes) is 3. The van der Waals surface area contributed by atoms with Crippen molar-refractivity contribution in [2.75, 3.05) is 27.1 Å². The van der Waals surface area contributed by atoms with Gasteiger partial charge >= 0.3 is 0 Å². The van der Waals surface area contributed by atoms with Crippen LogP contribution in [0.15, 0.2) is 0 Å². The van der Waals surface area contributed by atoms with Gasteiger partial charge in [-0.05, 0) is 19.4 Å². The molecular weight excluding hydrogens is 142 g/mol. The Bertz CT molecular complexity index is 61.1. The molecule has 0 fully saturated rings. The summed E-state index contributed by atoms with van der Waals surface area (Å²) in [6.07, 6.45) is 4.67. The first kappa shape index (κ1) is 10.9. The van der Waals surface area contributed by atoms with Gasteiger partial charge in [0.15, 0.2) is 0 Å². The van der Waals surface area contributed by atoms with Crippen LogP contribution in [0.4, 0.5) is 0 Å². The van der Waals surface area contributed by atoms with E-state index >= 15 is 0 Å². The quantitative estimate of drug-likeness (QED) is 0.428. The van der Waals surface area contributed by atoms with E-state index in [1.165, 1.54) is 12.8 Å². The van der Waals surface area contributed by atoms with Gasteiger partial charge in [-0.2, -0.15) is 0 Å². The molecule has 0 heterocycles. The Balaban J connectivity index is 2.69. The normalized spacial score (nSPS) is 10.4. The number of nitrogens with two attached hydrogens (primary N) is 1. The van der Waals surface area contributed by atoms with E-state index in [2.05, 4.69) is 0 Å². The fraction of sp³-hybridized carbons (Fsp3) is 1.00. The minimum Gasteiger partial charge on any atom is -0.359 e. The molecule has 0 aliphatic carbocycles. The van der Waals surface area contributed by atoms with Gasteiger partial charge in [-0.15, -0.1) is 0 Å². The van der Waals surface area contributed by atoms with Crippen LogP contribution in [-0.2, 0) is 9.47 Å². The van der Waals surface area contributed by atoms with Crippen molar-refractivity contribution < 1.29 is 9.47 Å². The lowest BCUT2D eigenvalue weighted by molar-refractivity contribution is -0.0315. The summed E-state index contributed by atoms with van der Waals surface area (Å²) in [5, 5.41) is 0. The highest BCUT2D eigenvalue weighted by molar-refractivity contribution is 4.42. The summed E-state index contributed by atoms with van der Waals surface area (Å²) in [6.45, 7) is 2.02. The van der Waals surface area contributed by atoms with E-state index in [0.717, 1.165) is 26.0 Å². The van der Waals surface area contributed by atoms with Gasteiger partial charge in [0.1, 0.15) is 6.79 Å². The van der Waals surface area contributed by atoms with E-state index in [9.17, 15) is 0 Å². The first-order valence-electron chi connectivity index (χ1n) is 4.18. The number of hydrogen-bond acceptors (Lipinski definition) is 3. The molecule has 68 valence electrons. The van der Waals surface area contributed by atoms with E-state index in [4.69, 9.17) is 15.2 Å². The Labute approximate surface area is 68.9 Å².